The van der Waals surface area contributed by atoms with Gasteiger partial charge in [-0.2, -0.15) is 4.99 Å². The van der Waals surface area contributed by atoms with E-state index in [9.17, 15) is 9.90 Å². The molecule has 1 unspecified atom stereocenters. The van der Waals surface area contributed by atoms with Crippen LogP contribution < -0.4 is 4.90 Å². The zero-order chi connectivity index (χ0) is 25.8. The van der Waals surface area contributed by atoms with Crippen LogP contribution in [0.1, 0.15) is 49.8 Å². The van der Waals surface area contributed by atoms with Crippen molar-refractivity contribution in [2.24, 2.45) is 4.99 Å². The largest absolute Gasteiger partial charge is 0.488 e. The lowest BCUT2D eigenvalue weighted by Crippen LogP contribution is -2.32. The number of thioether (sulfide) groups is 1. The lowest BCUT2D eigenvalue weighted by molar-refractivity contribution is -0.117. The van der Waals surface area contributed by atoms with Gasteiger partial charge in [-0.25, -0.2) is 9.97 Å². The third-order valence-corrected chi connectivity index (χ3v) is 8.18. The van der Waals surface area contributed by atoms with Crippen LogP contribution in [0.3, 0.4) is 0 Å². The zero-order valence-corrected chi connectivity index (χ0v) is 22.6. The summed E-state index contributed by atoms with van der Waals surface area (Å²) in [5.41, 5.74) is 6.15. The van der Waals surface area contributed by atoms with E-state index in [-0.39, 0.29) is 16.4 Å². The lowest BCUT2D eigenvalue weighted by atomic mass is 10.0. The summed E-state index contributed by atoms with van der Waals surface area (Å²) in [6.45, 7) is 4.02. The van der Waals surface area contributed by atoms with Crippen LogP contribution in [0.4, 0.5) is 5.82 Å². The highest BCUT2D eigenvalue weighted by molar-refractivity contribution is 8.15. The summed E-state index contributed by atoms with van der Waals surface area (Å²) >= 11 is 7.34. The number of aliphatic imine (C=N–C) groups is 1. The Hall–Kier alpha value is -2.90. The number of halogens is 1. The number of hydrogen-bond donors (Lipinski definition) is 1. The van der Waals surface area contributed by atoms with E-state index in [4.69, 9.17) is 21.6 Å². The number of nitrogens with zero attached hydrogens (tertiary/aromatic N) is 4. The maximum absolute atomic E-state index is 11.7. The molecule has 192 valence electrons. The number of aromatic nitrogens is 2. The monoisotopic (exact) mass is 534 g/mol. The average Bonchev–Trinajstić information content (AvgIpc) is 3.22. The van der Waals surface area contributed by atoms with Crippen molar-refractivity contribution in [1.82, 2.24) is 9.97 Å². The lowest BCUT2D eigenvalue weighted by Gasteiger charge is -2.30. The maximum Gasteiger partial charge on any atom is 0.263 e. The van der Waals surface area contributed by atoms with Gasteiger partial charge in [0.25, 0.3) is 11.1 Å². The molecule has 2 aromatic carbocycles. The number of carbonyl (C=O) groups is 1. The first-order valence-electron chi connectivity index (χ1n) is 12.9. The normalized spacial score (nSPS) is 17.1. The molecule has 1 atom stereocenters. The van der Waals surface area contributed by atoms with Crippen LogP contribution in [0.5, 0.6) is 0 Å². The molecule has 37 heavy (non-hydrogen) atoms. The van der Waals surface area contributed by atoms with E-state index in [0.29, 0.717) is 5.02 Å². The minimum Gasteiger partial charge on any atom is -0.488 e. The SMILES string of the molecule is Cc1ccc(-c2nc3c(nc2-c2ccc(Cl)cc2)CCCN3CCCCCCC2SC(O)=NC2=O)cc1. The fraction of sp³-hybridized carbons (Fsp3) is 0.379. The Morgan fingerprint density at radius 3 is 2.35 bits per heavy atom. The number of aryl methyl sites for hydroxylation is 2. The highest BCUT2D eigenvalue weighted by atomic mass is 35.5. The Morgan fingerprint density at radius 1 is 0.973 bits per heavy atom. The molecule has 1 N–H and O–H groups in total. The molecule has 0 saturated heterocycles. The molecular weight excluding hydrogens is 504 g/mol. The van der Waals surface area contributed by atoms with Crippen molar-refractivity contribution in [3.63, 3.8) is 0 Å². The summed E-state index contributed by atoms with van der Waals surface area (Å²) in [7, 11) is 0. The van der Waals surface area contributed by atoms with Crippen molar-refractivity contribution in [3.8, 4) is 22.5 Å². The van der Waals surface area contributed by atoms with Gasteiger partial charge in [-0.1, -0.05) is 84.6 Å². The minimum absolute atomic E-state index is 0.0934. The standard InChI is InChI=1S/C29H31ClN4O2S/c1-19-9-11-20(12-10-19)26-25(21-13-15-22(30)16-14-21)31-23-7-6-18-34(27(23)32-26)17-5-3-2-4-8-24-28(35)33-29(36)37-24/h9-16,24H,2-8,17-18H2,1H3,(H,33,35,36). The first-order valence-corrected chi connectivity index (χ1v) is 14.2. The molecule has 1 aromatic heterocycles. The first-order chi connectivity index (χ1) is 18.0. The molecular formula is C29H31ClN4O2S. The number of carbonyl (C=O) groups excluding carboxylic acids is 1. The van der Waals surface area contributed by atoms with Gasteiger partial charge in [0.1, 0.15) is 0 Å². The van der Waals surface area contributed by atoms with Crippen molar-refractivity contribution in [1.29, 1.82) is 0 Å². The summed E-state index contributed by atoms with van der Waals surface area (Å²) in [5.74, 6) is 0.800. The van der Waals surface area contributed by atoms with Crippen LogP contribution >= 0.6 is 23.4 Å². The number of fused-ring (bicyclic) bond motifs is 1. The number of amides is 1. The molecule has 0 fully saturated rings. The molecule has 2 aliphatic rings. The third-order valence-electron chi connectivity index (χ3n) is 6.90. The predicted octanol–water partition coefficient (Wildman–Crippen LogP) is 7.03. The average molecular weight is 535 g/mol. The maximum atomic E-state index is 11.7. The highest BCUT2D eigenvalue weighted by Crippen LogP contribution is 2.35. The second kappa shape index (κ2) is 11.7. The highest BCUT2D eigenvalue weighted by Gasteiger charge is 2.27. The number of hydrogen-bond acceptors (Lipinski definition) is 5. The molecule has 8 heteroatoms. The van der Waals surface area contributed by atoms with Crippen molar-refractivity contribution in [3.05, 3.63) is 64.8 Å². The molecule has 5 rings (SSSR count). The number of aliphatic hydroxyl groups is 1. The van der Waals surface area contributed by atoms with Gasteiger partial charge in [-0.3, -0.25) is 4.79 Å². The Balaban J connectivity index is 1.29. The number of anilines is 1. The molecule has 0 saturated carbocycles. The number of rotatable bonds is 9. The van der Waals surface area contributed by atoms with Gasteiger partial charge >= 0.3 is 0 Å². The van der Waals surface area contributed by atoms with Crippen LogP contribution in [0.15, 0.2) is 53.5 Å². The fourth-order valence-electron chi connectivity index (χ4n) is 4.90. The smallest absolute Gasteiger partial charge is 0.263 e. The molecule has 1 amide bonds. The Bertz CT molecular complexity index is 1290. The zero-order valence-electron chi connectivity index (χ0n) is 21.0. The molecule has 0 bridgehead atoms. The summed E-state index contributed by atoms with van der Waals surface area (Å²) in [6, 6.07) is 16.3. The molecule has 2 aliphatic heterocycles. The van der Waals surface area contributed by atoms with Gasteiger partial charge in [0, 0.05) is 29.2 Å². The van der Waals surface area contributed by atoms with Gasteiger partial charge in [0.2, 0.25) is 0 Å². The second-order valence-electron chi connectivity index (χ2n) is 9.70. The molecule has 0 aliphatic carbocycles. The topological polar surface area (TPSA) is 78.7 Å². The Morgan fingerprint density at radius 2 is 1.65 bits per heavy atom. The molecule has 6 nitrogen and oxygen atoms in total. The quantitative estimate of drug-likeness (QED) is 0.297. The van der Waals surface area contributed by atoms with Crippen LogP contribution in [0.25, 0.3) is 22.5 Å². The van der Waals surface area contributed by atoms with E-state index >= 15 is 0 Å². The van der Waals surface area contributed by atoms with E-state index in [1.54, 1.807) is 0 Å². The van der Waals surface area contributed by atoms with Gasteiger partial charge < -0.3 is 10.0 Å². The molecule has 3 aromatic rings. The van der Waals surface area contributed by atoms with E-state index in [2.05, 4.69) is 41.1 Å². The molecule has 3 heterocycles. The van der Waals surface area contributed by atoms with Crippen LogP contribution in [-0.2, 0) is 11.2 Å². The number of aliphatic hydroxyl groups excluding tert-OH is 1. The Kier molecular flexibility index (Phi) is 8.11. The van der Waals surface area contributed by atoms with Gasteiger partial charge in [-0.15, -0.1) is 0 Å². The summed E-state index contributed by atoms with van der Waals surface area (Å²) in [4.78, 5) is 28.1. The fourth-order valence-corrected chi connectivity index (χ4v) is 5.86. The number of unbranched alkanes of at least 4 members (excludes halogenated alkanes) is 3. The van der Waals surface area contributed by atoms with Crippen LogP contribution in [0.2, 0.25) is 5.02 Å². The van der Waals surface area contributed by atoms with Crippen molar-refractivity contribution >= 4 is 40.3 Å². The minimum atomic E-state index is -0.209. The summed E-state index contributed by atoms with van der Waals surface area (Å²) in [6.07, 6.45) is 6.93. The van der Waals surface area contributed by atoms with Crippen molar-refractivity contribution in [2.75, 3.05) is 18.0 Å². The first kappa shape index (κ1) is 25.7. The van der Waals surface area contributed by atoms with E-state index in [1.807, 2.05) is 24.3 Å². The van der Waals surface area contributed by atoms with E-state index in [0.717, 1.165) is 92.1 Å². The molecule has 0 spiro atoms. The third kappa shape index (κ3) is 6.16. The second-order valence-corrected chi connectivity index (χ2v) is 11.3. The Labute approximate surface area is 227 Å². The van der Waals surface area contributed by atoms with Crippen LogP contribution in [-0.4, -0.2) is 44.6 Å². The summed E-state index contributed by atoms with van der Waals surface area (Å²) in [5, 5.41) is 9.81. The van der Waals surface area contributed by atoms with Gasteiger partial charge in [0.15, 0.2) is 5.82 Å². The predicted molar refractivity (Wildman–Crippen MR) is 153 cm³/mol. The van der Waals surface area contributed by atoms with Crippen molar-refractivity contribution < 1.29 is 9.90 Å². The van der Waals surface area contributed by atoms with E-state index in [1.165, 1.54) is 17.3 Å². The number of benzene rings is 2. The van der Waals surface area contributed by atoms with Gasteiger partial charge in [-0.05, 0) is 44.7 Å². The molecule has 0 radical (unpaired) electrons. The van der Waals surface area contributed by atoms with Crippen LogP contribution in [0, 0.1) is 6.92 Å². The van der Waals surface area contributed by atoms with Crippen molar-refractivity contribution in [2.45, 2.75) is 57.1 Å². The van der Waals surface area contributed by atoms with E-state index < -0.39 is 0 Å². The summed E-state index contributed by atoms with van der Waals surface area (Å²) < 4.78 is 0. The van der Waals surface area contributed by atoms with Gasteiger partial charge in [0.05, 0.1) is 22.3 Å².